The third-order valence-corrected chi connectivity index (χ3v) is 0.785. The van der Waals surface area contributed by atoms with Crippen molar-refractivity contribution in [2.24, 2.45) is 0 Å². The van der Waals surface area contributed by atoms with Crippen LogP contribution in [0.5, 0.6) is 0 Å². The molecule has 0 fully saturated rings. The lowest BCUT2D eigenvalue weighted by atomic mass is 10.4. The molecule has 38 valence electrons. The normalized spacial score (nSPS) is 9.00. The molecular formula is C4H8ClF. The lowest BCUT2D eigenvalue weighted by Crippen LogP contribution is -1.75. The Labute approximate surface area is 42.3 Å². The van der Waals surface area contributed by atoms with Crippen LogP contribution in [-0.4, -0.2) is 12.6 Å². The predicted molar refractivity (Wildman–Crippen MR) is 25.9 cm³/mol. The highest BCUT2D eigenvalue weighted by Gasteiger charge is 1.79. The van der Waals surface area contributed by atoms with Crippen LogP contribution in [0.15, 0.2) is 0 Å². The molecule has 0 rings (SSSR count). The molecule has 0 nitrogen and oxygen atoms in total. The third-order valence-electron chi connectivity index (χ3n) is 0.517. The smallest absolute Gasteiger partial charge is 0.0894 e. The van der Waals surface area contributed by atoms with Crippen LogP contribution in [0.3, 0.4) is 0 Å². The summed E-state index contributed by atoms with van der Waals surface area (Å²) < 4.78 is 11.1. The SMILES string of the molecule is FCCCCCl. The van der Waals surface area contributed by atoms with E-state index in [9.17, 15) is 4.39 Å². The molecular weight excluding hydrogens is 102 g/mol. The fraction of sp³-hybridized carbons (Fsp3) is 1.00. The van der Waals surface area contributed by atoms with Crippen LogP contribution in [0, 0.1) is 0 Å². The predicted octanol–water partition coefficient (Wildman–Crippen LogP) is 1.97. The van der Waals surface area contributed by atoms with Crippen molar-refractivity contribution in [2.45, 2.75) is 12.8 Å². The van der Waals surface area contributed by atoms with Gasteiger partial charge in [0.15, 0.2) is 0 Å². The lowest BCUT2D eigenvalue weighted by molar-refractivity contribution is 0.470. The van der Waals surface area contributed by atoms with Gasteiger partial charge in [0.25, 0.3) is 0 Å². The molecule has 2 heteroatoms. The Balaban J connectivity index is 2.34. The van der Waals surface area contributed by atoms with Crippen molar-refractivity contribution in [1.29, 1.82) is 0 Å². The van der Waals surface area contributed by atoms with Crippen LogP contribution in [0.4, 0.5) is 4.39 Å². The van der Waals surface area contributed by atoms with E-state index in [4.69, 9.17) is 11.6 Å². The van der Waals surface area contributed by atoms with E-state index < -0.39 is 0 Å². The second kappa shape index (κ2) is 5.22. The van der Waals surface area contributed by atoms with Gasteiger partial charge in [0.05, 0.1) is 6.67 Å². The monoisotopic (exact) mass is 110 g/mol. The number of unbranched alkanes of at least 4 members (excludes halogenated alkanes) is 1. The molecule has 0 aromatic heterocycles. The van der Waals surface area contributed by atoms with Crippen molar-refractivity contribution < 1.29 is 4.39 Å². The maximum Gasteiger partial charge on any atom is 0.0894 e. The van der Waals surface area contributed by atoms with Gasteiger partial charge < -0.3 is 0 Å². The molecule has 0 saturated carbocycles. The quantitative estimate of drug-likeness (QED) is 0.385. The van der Waals surface area contributed by atoms with Gasteiger partial charge in [-0.2, -0.15) is 0 Å². The number of hydrogen-bond donors (Lipinski definition) is 0. The molecule has 0 aromatic rings. The Morgan fingerprint density at radius 2 is 2.00 bits per heavy atom. The van der Waals surface area contributed by atoms with Crippen LogP contribution in [0.2, 0.25) is 0 Å². The lowest BCUT2D eigenvalue weighted by Gasteiger charge is -1.82. The average molecular weight is 111 g/mol. The molecule has 0 radical (unpaired) electrons. The van der Waals surface area contributed by atoms with E-state index in [0.717, 1.165) is 6.42 Å². The molecule has 0 aliphatic rings. The van der Waals surface area contributed by atoms with E-state index in [0.29, 0.717) is 12.3 Å². The topological polar surface area (TPSA) is 0 Å². The number of rotatable bonds is 3. The Kier molecular flexibility index (Phi) is 5.41. The Bertz CT molecular complexity index is 19.5. The molecule has 0 heterocycles. The minimum atomic E-state index is -0.229. The Hall–Kier alpha value is 0.220. The molecule has 0 aromatic carbocycles. The van der Waals surface area contributed by atoms with Crippen LogP contribution < -0.4 is 0 Å². The van der Waals surface area contributed by atoms with Crippen molar-refractivity contribution in [2.75, 3.05) is 12.6 Å². The van der Waals surface area contributed by atoms with Gasteiger partial charge in [-0.05, 0) is 12.8 Å². The Morgan fingerprint density at radius 3 is 2.17 bits per heavy atom. The molecule has 0 aliphatic heterocycles. The molecule has 0 N–H and O–H groups in total. The summed E-state index contributed by atoms with van der Waals surface area (Å²) in [4.78, 5) is 0. The third kappa shape index (κ3) is 4.22. The molecule has 0 saturated heterocycles. The first-order chi connectivity index (χ1) is 2.91. The van der Waals surface area contributed by atoms with Gasteiger partial charge in [-0.1, -0.05) is 0 Å². The molecule has 0 aliphatic carbocycles. The molecule has 0 amide bonds. The van der Waals surface area contributed by atoms with Crippen LogP contribution in [-0.2, 0) is 0 Å². The van der Waals surface area contributed by atoms with Crippen LogP contribution in [0.1, 0.15) is 12.8 Å². The average Bonchev–Trinajstić information content (AvgIpc) is 1.61. The van der Waals surface area contributed by atoms with Gasteiger partial charge in [-0.15, -0.1) is 11.6 Å². The van der Waals surface area contributed by atoms with Crippen molar-refractivity contribution in [3.05, 3.63) is 0 Å². The van der Waals surface area contributed by atoms with E-state index in [2.05, 4.69) is 0 Å². The standard InChI is InChI=1S/C4H8ClF/c5-3-1-2-4-6/h1-4H2. The van der Waals surface area contributed by atoms with E-state index in [-0.39, 0.29) is 6.67 Å². The largest absolute Gasteiger partial charge is 0.251 e. The zero-order valence-corrected chi connectivity index (χ0v) is 4.34. The minimum absolute atomic E-state index is 0.229. The summed E-state index contributed by atoms with van der Waals surface area (Å²) >= 11 is 5.21. The van der Waals surface area contributed by atoms with Gasteiger partial charge in [0, 0.05) is 5.88 Å². The van der Waals surface area contributed by atoms with E-state index in [1.807, 2.05) is 0 Å². The maximum absolute atomic E-state index is 11.1. The fourth-order valence-corrected chi connectivity index (χ4v) is 0.378. The second-order valence-corrected chi connectivity index (χ2v) is 1.46. The second-order valence-electron chi connectivity index (χ2n) is 1.09. The molecule has 0 spiro atoms. The number of halogens is 2. The van der Waals surface area contributed by atoms with E-state index in [1.54, 1.807) is 0 Å². The van der Waals surface area contributed by atoms with Crippen LogP contribution >= 0.6 is 11.6 Å². The van der Waals surface area contributed by atoms with Gasteiger partial charge in [0.2, 0.25) is 0 Å². The molecule has 0 unspecified atom stereocenters. The summed E-state index contributed by atoms with van der Waals surface area (Å²) in [6, 6.07) is 0. The van der Waals surface area contributed by atoms with Crippen molar-refractivity contribution in [3.8, 4) is 0 Å². The van der Waals surface area contributed by atoms with Crippen molar-refractivity contribution in [3.63, 3.8) is 0 Å². The zero-order valence-electron chi connectivity index (χ0n) is 3.58. The summed E-state index contributed by atoms with van der Waals surface area (Å²) in [6.45, 7) is -0.229. The number of hydrogen-bond acceptors (Lipinski definition) is 0. The van der Waals surface area contributed by atoms with Gasteiger partial charge in [0.1, 0.15) is 0 Å². The highest BCUT2D eigenvalue weighted by atomic mass is 35.5. The van der Waals surface area contributed by atoms with Gasteiger partial charge in [-0.3, -0.25) is 4.39 Å². The zero-order chi connectivity index (χ0) is 4.83. The van der Waals surface area contributed by atoms with Crippen molar-refractivity contribution in [1.82, 2.24) is 0 Å². The molecule has 0 bridgehead atoms. The highest BCUT2D eigenvalue weighted by Crippen LogP contribution is 1.90. The summed E-state index contributed by atoms with van der Waals surface area (Å²) in [5, 5.41) is 0. The summed E-state index contributed by atoms with van der Waals surface area (Å²) in [6.07, 6.45) is 1.42. The summed E-state index contributed by atoms with van der Waals surface area (Å²) in [5.74, 6) is 0.587. The first-order valence-electron chi connectivity index (χ1n) is 2.03. The van der Waals surface area contributed by atoms with Gasteiger partial charge >= 0.3 is 0 Å². The summed E-state index contributed by atoms with van der Waals surface area (Å²) in [5.41, 5.74) is 0. The van der Waals surface area contributed by atoms with E-state index >= 15 is 0 Å². The first-order valence-corrected chi connectivity index (χ1v) is 2.57. The highest BCUT2D eigenvalue weighted by molar-refractivity contribution is 6.17. The number of alkyl halides is 2. The fourth-order valence-electron chi connectivity index (χ4n) is 0.189. The van der Waals surface area contributed by atoms with E-state index in [1.165, 1.54) is 0 Å². The summed E-state index contributed by atoms with van der Waals surface area (Å²) in [7, 11) is 0. The van der Waals surface area contributed by atoms with Gasteiger partial charge in [-0.25, -0.2) is 0 Å². The maximum atomic E-state index is 11.1. The minimum Gasteiger partial charge on any atom is -0.251 e. The Morgan fingerprint density at radius 1 is 1.33 bits per heavy atom. The molecule has 0 atom stereocenters. The van der Waals surface area contributed by atoms with Crippen molar-refractivity contribution >= 4 is 11.6 Å². The first kappa shape index (κ1) is 6.22. The molecule has 6 heavy (non-hydrogen) atoms. The van der Waals surface area contributed by atoms with Crippen LogP contribution in [0.25, 0.3) is 0 Å².